The molecule has 12 heteroatoms. The molecule has 1 atom stereocenters. The number of nitrogens with one attached hydrogen (secondary N) is 3. The number of carbonyl (C=O) groups excluding carboxylic acids is 1. The van der Waals surface area contributed by atoms with Crippen LogP contribution in [0.1, 0.15) is 23.2 Å². The van der Waals surface area contributed by atoms with Crippen LogP contribution in [0.15, 0.2) is 64.5 Å². The Labute approximate surface area is 210 Å². The molecule has 0 spiro atoms. The average Bonchev–Trinajstić information content (AvgIpc) is 2.89. The summed E-state index contributed by atoms with van der Waals surface area (Å²) in [5.74, 6) is -0.860. The minimum atomic E-state index is -4.02. The molecule has 1 saturated heterocycles. The molecule has 36 heavy (non-hydrogen) atoms. The number of aliphatic imine (C=N–C) groups is 1. The van der Waals surface area contributed by atoms with Gasteiger partial charge in [0.05, 0.1) is 11.3 Å². The van der Waals surface area contributed by atoms with E-state index in [0.717, 1.165) is 57.3 Å². The molecule has 4 N–H and O–H groups in total. The highest BCUT2D eigenvalue weighted by Gasteiger charge is 2.25. The molecule has 1 fully saturated rings. The fourth-order valence-corrected chi connectivity index (χ4v) is 5.29. The van der Waals surface area contributed by atoms with Crippen molar-refractivity contribution in [2.75, 3.05) is 44.2 Å². The maximum absolute atomic E-state index is 12.8. The topological polar surface area (TPSA) is 143 Å². The molecule has 0 bridgehead atoms. The summed E-state index contributed by atoms with van der Waals surface area (Å²) in [4.78, 5) is 33.1. The fraction of sp³-hybridized carbons (Fsp3) is 0.375. The van der Waals surface area contributed by atoms with Crippen molar-refractivity contribution in [3.63, 3.8) is 0 Å². The number of carbonyl (C=O) groups is 2. The van der Waals surface area contributed by atoms with E-state index in [1.807, 2.05) is 12.1 Å². The van der Waals surface area contributed by atoms with Crippen molar-refractivity contribution < 1.29 is 23.1 Å². The number of nitrogens with zero attached hydrogens (tertiary/aromatic N) is 3. The van der Waals surface area contributed by atoms with E-state index in [9.17, 15) is 23.1 Å². The third kappa shape index (κ3) is 6.52. The van der Waals surface area contributed by atoms with Gasteiger partial charge in [0.2, 0.25) is 10.0 Å². The van der Waals surface area contributed by atoms with Gasteiger partial charge in [0, 0.05) is 50.5 Å². The Bertz CT molecular complexity index is 1200. The first-order valence-electron chi connectivity index (χ1n) is 11.8. The van der Waals surface area contributed by atoms with Gasteiger partial charge in [-0.05, 0) is 42.8 Å². The first kappa shape index (κ1) is 25.5. The minimum absolute atomic E-state index is 0.0228. The number of hydrogen-bond donors (Lipinski definition) is 4. The lowest BCUT2D eigenvalue weighted by atomic mass is 10.1. The van der Waals surface area contributed by atoms with Gasteiger partial charge in [-0.25, -0.2) is 8.42 Å². The predicted octanol–water partition coefficient (Wildman–Crippen LogP) is 0.667. The van der Waals surface area contributed by atoms with Crippen LogP contribution in [0.25, 0.3) is 0 Å². The number of piperazine rings is 1. The monoisotopic (exact) mass is 514 g/mol. The number of carboxylic acid groups (broad SMARTS) is 1. The second-order valence-electron chi connectivity index (χ2n) is 8.56. The number of hydrogen-bond acceptors (Lipinski definition) is 8. The number of aliphatic carboxylic acids is 1. The van der Waals surface area contributed by atoms with Crippen LogP contribution in [0, 0.1) is 0 Å². The SMILES string of the molecule is O=C(O)CC(NC(=O)c1ccc(N2CCN(C3=NCCCN3)CC2)cc1)NS(=O)(=O)c1ccccc1. The van der Waals surface area contributed by atoms with Crippen molar-refractivity contribution in [3.8, 4) is 0 Å². The summed E-state index contributed by atoms with van der Waals surface area (Å²) < 4.78 is 27.5. The van der Waals surface area contributed by atoms with Crippen LogP contribution in [0.3, 0.4) is 0 Å². The average molecular weight is 515 g/mol. The lowest BCUT2D eigenvalue weighted by molar-refractivity contribution is -0.137. The highest BCUT2D eigenvalue weighted by molar-refractivity contribution is 7.89. The van der Waals surface area contributed by atoms with E-state index in [2.05, 4.69) is 30.1 Å². The molecule has 192 valence electrons. The standard InChI is InChI=1S/C24H30N6O5S/c31-22(32)17-21(28-36(34,35)20-5-2-1-3-6-20)27-23(33)18-7-9-19(10-8-18)29-13-15-30(16-14-29)24-25-11-4-12-26-24/h1-3,5-10,21,28H,4,11-17H2,(H,25,26)(H,27,33)(H,31,32). The predicted molar refractivity (Wildman–Crippen MR) is 135 cm³/mol. The van der Waals surface area contributed by atoms with Crippen LogP contribution in [0.5, 0.6) is 0 Å². The summed E-state index contributed by atoms with van der Waals surface area (Å²) in [5, 5.41) is 15.0. The largest absolute Gasteiger partial charge is 0.481 e. The molecule has 2 heterocycles. The van der Waals surface area contributed by atoms with Gasteiger partial charge < -0.3 is 25.5 Å². The van der Waals surface area contributed by atoms with Crippen molar-refractivity contribution in [1.82, 2.24) is 20.3 Å². The van der Waals surface area contributed by atoms with Gasteiger partial charge in [-0.1, -0.05) is 18.2 Å². The highest BCUT2D eigenvalue weighted by atomic mass is 32.2. The zero-order valence-corrected chi connectivity index (χ0v) is 20.6. The van der Waals surface area contributed by atoms with E-state index in [1.165, 1.54) is 12.1 Å². The Balaban J connectivity index is 1.36. The molecule has 2 aromatic rings. The first-order valence-corrected chi connectivity index (χ1v) is 13.3. The molecule has 0 aromatic heterocycles. The van der Waals surface area contributed by atoms with E-state index in [0.29, 0.717) is 5.56 Å². The number of benzene rings is 2. The molecular weight excluding hydrogens is 484 g/mol. The first-order chi connectivity index (χ1) is 17.3. The normalized spacial score (nSPS) is 17.1. The quantitative estimate of drug-likeness (QED) is 0.377. The van der Waals surface area contributed by atoms with Crippen LogP contribution in [0.2, 0.25) is 0 Å². The number of anilines is 1. The van der Waals surface area contributed by atoms with Crippen molar-refractivity contribution in [2.24, 2.45) is 4.99 Å². The molecule has 0 saturated carbocycles. The van der Waals surface area contributed by atoms with Gasteiger partial charge in [0.1, 0.15) is 6.17 Å². The second-order valence-corrected chi connectivity index (χ2v) is 10.3. The van der Waals surface area contributed by atoms with Gasteiger partial charge in [-0.15, -0.1) is 0 Å². The molecular formula is C24H30N6O5S. The summed E-state index contributed by atoms with van der Waals surface area (Å²) in [6.45, 7) is 5.11. The number of amides is 1. The zero-order valence-electron chi connectivity index (χ0n) is 19.8. The maximum Gasteiger partial charge on any atom is 0.306 e. The van der Waals surface area contributed by atoms with Crippen LogP contribution in [0.4, 0.5) is 5.69 Å². The van der Waals surface area contributed by atoms with Crippen molar-refractivity contribution >= 4 is 33.5 Å². The molecule has 1 unspecified atom stereocenters. The third-order valence-electron chi connectivity index (χ3n) is 5.99. The zero-order chi connectivity index (χ0) is 25.5. The van der Waals surface area contributed by atoms with E-state index in [-0.39, 0.29) is 4.90 Å². The summed E-state index contributed by atoms with van der Waals surface area (Å²) in [7, 11) is -4.02. The minimum Gasteiger partial charge on any atom is -0.481 e. The van der Waals surface area contributed by atoms with Gasteiger partial charge in [0.15, 0.2) is 5.96 Å². The molecule has 0 radical (unpaired) electrons. The van der Waals surface area contributed by atoms with Gasteiger partial charge in [0.25, 0.3) is 5.91 Å². The van der Waals surface area contributed by atoms with Gasteiger partial charge in [-0.2, -0.15) is 4.72 Å². The van der Waals surface area contributed by atoms with E-state index in [4.69, 9.17) is 0 Å². The van der Waals surface area contributed by atoms with Crippen LogP contribution < -0.4 is 20.3 Å². The van der Waals surface area contributed by atoms with Crippen molar-refractivity contribution in [1.29, 1.82) is 0 Å². The number of sulfonamides is 1. The van der Waals surface area contributed by atoms with Crippen LogP contribution in [-0.2, 0) is 14.8 Å². The fourth-order valence-electron chi connectivity index (χ4n) is 4.13. The molecule has 1 amide bonds. The third-order valence-corrected chi connectivity index (χ3v) is 7.48. The van der Waals surface area contributed by atoms with Gasteiger partial charge >= 0.3 is 5.97 Å². The summed E-state index contributed by atoms with van der Waals surface area (Å²) in [6.07, 6.45) is -0.871. The molecule has 0 aliphatic carbocycles. The number of guanidine groups is 1. The van der Waals surface area contributed by atoms with E-state index in [1.54, 1.807) is 30.3 Å². The molecule has 4 rings (SSSR count). The Morgan fingerprint density at radius 3 is 2.28 bits per heavy atom. The molecule has 11 nitrogen and oxygen atoms in total. The number of rotatable bonds is 8. The van der Waals surface area contributed by atoms with E-state index < -0.39 is 34.5 Å². The van der Waals surface area contributed by atoms with E-state index >= 15 is 0 Å². The molecule has 2 aliphatic heterocycles. The van der Waals surface area contributed by atoms with Crippen LogP contribution in [-0.4, -0.2) is 81.7 Å². The Morgan fingerprint density at radius 2 is 1.67 bits per heavy atom. The van der Waals surface area contributed by atoms with Crippen molar-refractivity contribution in [3.05, 3.63) is 60.2 Å². The van der Waals surface area contributed by atoms with Crippen LogP contribution >= 0.6 is 0 Å². The Kier molecular flexibility index (Phi) is 8.06. The second kappa shape index (κ2) is 11.4. The Morgan fingerprint density at radius 1 is 1.00 bits per heavy atom. The highest BCUT2D eigenvalue weighted by Crippen LogP contribution is 2.18. The summed E-state index contributed by atoms with van der Waals surface area (Å²) >= 11 is 0. The maximum atomic E-state index is 12.8. The van der Waals surface area contributed by atoms with Gasteiger partial charge in [-0.3, -0.25) is 14.6 Å². The lowest BCUT2D eigenvalue weighted by Crippen LogP contribution is -2.53. The smallest absolute Gasteiger partial charge is 0.306 e. The number of carboxylic acids is 1. The molecule has 2 aromatic carbocycles. The lowest BCUT2D eigenvalue weighted by Gasteiger charge is -2.38. The summed E-state index contributed by atoms with van der Waals surface area (Å²) in [6, 6.07) is 14.5. The summed E-state index contributed by atoms with van der Waals surface area (Å²) in [5.41, 5.74) is 1.27. The Hall–Kier alpha value is -3.64. The van der Waals surface area contributed by atoms with Crippen molar-refractivity contribution in [2.45, 2.75) is 23.9 Å². The molecule has 2 aliphatic rings.